The van der Waals surface area contributed by atoms with Gasteiger partial charge in [-0.1, -0.05) is 140 Å². The first-order chi connectivity index (χ1) is 25.3. The van der Waals surface area contributed by atoms with Crippen LogP contribution in [0.15, 0.2) is 199 Å². The van der Waals surface area contributed by atoms with Crippen LogP contribution in [0.4, 0.5) is 0 Å². The Labute approximate surface area is 297 Å². The molecule has 0 amide bonds. The molecule has 3 heteroatoms. The minimum absolute atomic E-state index is 0.585. The quantitative estimate of drug-likeness (QED) is 0.172. The van der Waals surface area contributed by atoms with Crippen molar-refractivity contribution in [2.24, 2.45) is 0 Å². The Kier molecular flexibility index (Phi) is 7.84. The number of rotatable bonds is 7. The van der Waals surface area contributed by atoms with Gasteiger partial charge in [0, 0.05) is 29.1 Å². The lowest BCUT2D eigenvalue weighted by atomic mass is 9.93. The van der Waals surface area contributed by atoms with Crippen molar-refractivity contribution in [2.45, 2.75) is 0 Å². The molecule has 240 valence electrons. The number of hydrogen-bond acceptors (Lipinski definition) is 3. The van der Waals surface area contributed by atoms with E-state index in [0.717, 1.165) is 66.7 Å². The number of nitrogens with zero attached hydrogens (tertiary/aromatic N) is 2. The van der Waals surface area contributed by atoms with E-state index in [2.05, 4.69) is 169 Å². The van der Waals surface area contributed by atoms with Crippen molar-refractivity contribution < 1.29 is 4.42 Å². The van der Waals surface area contributed by atoms with Gasteiger partial charge < -0.3 is 4.42 Å². The summed E-state index contributed by atoms with van der Waals surface area (Å²) in [6.07, 6.45) is 3.70. The van der Waals surface area contributed by atoms with Gasteiger partial charge in [0.1, 0.15) is 5.52 Å². The molecule has 0 radical (unpaired) electrons. The van der Waals surface area contributed by atoms with Gasteiger partial charge in [-0.25, -0.2) is 4.98 Å². The molecule has 0 fully saturated rings. The summed E-state index contributed by atoms with van der Waals surface area (Å²) < 4.78 is 6.72. The summed E-state index contributed by atoms with van der Waals surface area (Å²) >= 11 is 0. The van der Waals surface area contributed by atoms with Gasteiger partial charge in [-0.3, -0.25) is 4.98 Å². The molecule has 3 nitrogen and oxygen atoms in total. The summed E-state index contributed by atoms with van der Waals surface area (Å²) in [5, 5.41) is 0. The molecule has 0 saturated carbocycles. The average Bonchev–Trinajstić information content (AvgIpc) is 3.66. The molecule has 9 rings (SSSR count). The predicted octanol–water partition coefficient (Wildman–Crippen LogP) is 12.9. The second-order valence-electron chi connectivity index (χ2n) is 12.7. The normalized spacial score (nSPS) is 11.1. The Morgan fingerprint density at radius 1 is 0.333 bits per heavy atom. The molecule has 0 N–H and O–H groups in total. The minimum Gasteiger partial charge on any atom is -0.436 e. The van der Waals surface area contributed by atoms with Crippen LogP contribution in [0.1, 0.15) is 0 Å². The maximum absolute atomic E-state index is 6.72. The van der Waals surface area contributed by atoms with Crippen LogP contribution in [-0.4, -0.2) is 9.97 Å². The highest BCUT2D eigenvalue weighted by Crippen LogP contribution is 2.40. The van der Waals surface area contributed by atoms with Crippen LogP contribution in [-0.2, 0) is 0 Å². The molecule has 0 aliphatic heterocycles. The van der Waals surface area contributed by atoms with Crippen molar-refractivity contribution in [1.82, 2.24) is 9.97 Å². The molecule has 0 spiro atoms. The number of hydrogen-bond donors (Lipinski definition) is 0. The van der Waals surface area contributed by atoms with Gasteiger partial charge in [-0.2, -0.15) is 0 Å². The van der Waals surface area contributed by atoms with Crippen LogP contribution in [0.2, 0.25) is 0 Å². The lowest BCUT2D eigenvalue weighted by molar-refractivity contribution is 0.620. The molecule has 0 atom stereocenters. The largest absolute Gasteiger partial charge is 0.436 e. The number of pyridine rings is 1. The first kappa shape index (κ1) is 30.2. The second kappa shape index (κ2) is 13.2. The van der Waals surface area contributed by atoms with Crippen LogP contribution in [0.25, 0.3) is 89.3 Å². The van der Waals surface area contributed by atoms with E-state index < -0.39 is 0 Å². The highest BCUT2D eigenvalue weighted by atomic mass is 16.3. The minimum atomic E-state index is 0.585. The second-order valence-corrected chi connectivity index (χ2v) is 12.7. The first-order valence-electron chi connectivity index (χ1n) is 17.1. The Bertz CT molecular complexity index is 2610. The lowest BCUT2D eigenvalue weighted by Gasteiger charge is -2.12. The van der Waals surface area contributed by atoms with E-state index >= 15 is 0 Å². The Balaban J connectivity index is 1.23. The van der Waals surface area contributed by atoms with Crippen LogP contribution >= 0.6 is 0 Å². The molecule has 0 saturated heterocycles. The van der Waals surface area contributed by atoms with E-state index in [4.69, 9.17) is 9.40 Å². The van der Waals surface area contributed by atoms with Gasteiger partial charge >= 0.3 is 0 Å². The standard InChI is InChI=1S/C48H32N2O/c1-4-13-33(14-5-1)36-19-10-21-38(27-36)42-30-45(39-22-11-20-37(28-39)41-23-12-26-49-32-41)47-46(31-42)51-48(50-47)40-24-25-43(34-15-6-2-7-16-34)44(29-40)35-17-8-3-9-18-35/h1-32H. The van der Waals surface area contributed by atoms with Crippen molar-refractivity contribution in [3.63, 3.8) is 0 Å². The van der Waals surface area contributed by atoms with Gasteiger partial charge in [0.15, 0.2) is 5.58 Å². The number of benzene rings is 7. The molecule has 0 aliphatic rings. The molecule has 0 bridgehead atoms. The van der Waals surface area contributed by atoms with E-state index in [9.17, 15) is 0 Å². The zero-order valence-electron chi connectivity index (χ0n) is 27.8. The van der Waals surface area contributed by atoms with Crippen LogP contribution < -0.4 is 0 Å². The lowest BCUT2D eigenvalue weighted by Crippen LogP contribution is -1.88. The molecular formula is C48H32N2O. The van der Waals surface area contributed by atoms with Gasteiger partial charge in [-0.15, -0.1) is 0 Å². The summed E-state index contributed by atoms with van der Waals surface area (Å²) in [6.45, 7) is 0. The van der Waals surface area contributed by atoms with E-state index in [-0.39, 0.29) is 0 Å². The van der Waals surface area contributed by atoms with E-state index in [0.29, 0.717) is 5.89 Å². The van der Waals surface area contributed by atoms with Crippen molar-refractivity contribution in [2.75, 3.05) is 0 Å². The van der Waals surface area contributed by atoms with E-state index in [1.54, 1.807) is 6.20 Å². The summed E-state index contributed by atoms with van der Waals surface area (Å²) in [5.41, 5.74) is 15.8. The van der Waals surface area contributed by atoms with Crippen molar-refractivity contribution in [3.8, 4) is 78.2 Å². The highest BCUT2D eigenvalue weighted by Gasteiger charge is 2.18. The Hall–Kier alpha value is -6.84. The van der Waals surface area contributed by atoms with Crippen molar-refractivity contribution in [3.05, 3.63) is 194 Å². The Morgan fingerprint density at radius 3 is 1.57 bits per heavy atom. The smallest absolute Gasteiger partial charge is 0.227 e. The fraction of sp³-hybridized carbons (Fsp3) is 0. The molecule has 2 aromatic heterocycles. The van der Waals surface area contributed by atoms with Crippen LogP contribution in [0, 0.1) is 0 Å². The highest BCUT2D eigenvalue weighted by molar-refractivity contribution is 5.97. The van der Waals surface area contributed by atoms with Gasteiger partial charge in [0.05, 0.1) is 0 Å². The maximum Gasteiger partial charge on any atom is 0.227 e. The summed E-state index contributed by atoms with van der Waals surface area (Å²) in [5.74, 6) is 0.585. The molecule has 51 heavy (non-hydrogen) atoms. The average molecular weight is 653 g/mol. The topological polar surface area (TPSA) is 38.9 Å². The molecule has 0 unspecified atom stereocenters. The number of fused-ring (bicyclic) bond motifs is 1. The zero-order valence-corrected chi connectivity index (χ0v) is 27.8. The fourth-order valence-corrected chi connectivity index (χ4v) is 6.85. The summed E-state index contributed by atoms with van der Waals surface area (Å²) in [4.78, 5) is 9.58. The van der Waals surface area contributed by atoms with Crippen molar-refractivity contribution in [1.29, 1.82) is 0 Å². The number of aromatic nitrogens is 2. The monoisotopic (exact) mass is 652 g/mol. The Morgan fingerprint density at radius 2 is 0.882 bits per heavy atom. The zero-order chi connectivity index (χ0) is 34.0. The SMILES string of the molecule is c1ccc(-c2cccc(-c3cc(-c4cccc(-c5cccnc5)c4)c4nc(-c5ccc(-c6ccccc6)c(-c6ccccc6)c5)oc4c3)c2)cc1. The molecule has 9 aromatic rings. The van der Waals surface area contributed by atoms with Gasteiger partial charge in [-0.05, 0) is 98.1 Å². The van der Waals surface area contributed by atoms with Crippen LogP contribution in [0.3, 0.4) is 0 Å². The molecule has 2 heterocycles. The molecular weight excluding hydrogens is 621 g/mol. The van der Waals surface area contributed by atoms with E-state index in [1.807, 2.05) is 24.4 Å². The van der Waals surface area contributed by atoms with Crippen molar-refractivity contribution >= 4 is 11.1 Å². The fourth-order valence-electron chi connectivity index (χ4n) is 6.85. The van der Waals surface area contributed by atoms with Gasteiger partial charge in [0.2, 0.25) is 5.89 Å². The van der Waals surface area contributed by atoms with Gasteiger partial charge in [0.25, 0.3) is 0 Å². The number of oxazole rings is 1. The molecule has 0 aliphatic carbocycles. The first-order valence-corrected chi connectivity index (χ1v) is 17.1. The predicted molar refractivity (Wildman–Crippen MR) is 210 cm³/mol. The third kappa shape index (κ3) is 6.03. The van der Waals surface area contributed by atoms with Crippen LogP contribution in [0.5, 0.6) is 0 Å². The summed E-state index contributed by atoms with van der Waals surface area (Å²) in [6, 6.07) is 63.7. The van der Waals surface area contributed by atoms with E-state index in [1.165, 1.54) is 16.7 Å². The third-order valence-corrected chi connectivity index (χ3v) is 9.40. The summed E-state index contributed by atoms with van der Waals surface area (Å²) in [7, 11) is 0. The third-order valence-electron chi connectivity index (χ3n) is 9.40. The molecule has 7 aromatic carbocycles. The maximum atomic E-state index is 6.72.